The Hall–Kier alpha value is -5.39. The SMILES string of the molecule is COc1ccc(NC(=O)Cn2cc(COc3ccc(/C=N\NC(=O)c4cc(O)cc(O)c4)cc3)nn2)cc1. The zero-order chi connectivity index (χ0) is 26.9. The maximum atomic E-state index is 12.3. The molecular weight excluding hydrogens is 492 g/mol. The Balaban J connectivity index is 1.22. The largest absolute Gasteiger partial charge is 0.508 e. The minimum atomic E-state index is -0.585. The molecular formula is C26H24N6O6. The topological polar surface area (TPSA) is 160 Å². The van der Waals surface area contributed by atoms with Crippen LogP contribution in [0.4, 0.5) is 5.69 Å². The zero-order valence-corrected chi connectivity index (χ0v) is 20.2. The van der Waals surface area contributed by atoms with Crippen molar-refractivity contribution in [2.45, 2.75) is 13.2 Å². The van der Waals surface area contributed by atoms with Gasteiger partial charge in [0.2, 0.25) is 5.91 Å². The number of amides is 2. The van der Waals surface area contributed by atoms with Gasteiger partial charge >= 0.3 is 0 Å². The summed E-state index contributed by atoms with van der Waals surface area (Å²) in [6.45, 7) is 0.149. The van der Waals surface area contributed by atoms with Crippen molar-refractivity contribution in [3.8, 4) is 23.0 Å². The van der Waals surface area contributed by atoms with Crippen molar-refractivity contribution in [1.29, 1.82) is 0 Å². The number of aromatic nitrogens is 3. The van der Waals surface area contributed by atoms with Crippen molar-refractivity contribution in [2.24, 2.45) is 5.10 Å². The van der Waals surface area contributed by atoms with Gasteiger partial charge in [-0.15, -0.1) is 5.10 Å². The van der Waals surface area contributed by atoms with E-state index in [9.17, 15) is 19.8 Å². The first-order chi connectivity index (χ1) is 18.4. The Morgan fingerprint density at radius 2 is 1.68 bits per heavy atom. The van der Waals surface area contributed by atoms with E-state index < -0.39 is 5.91 Å². The number of hydrogen-bond acceptors (Lipinski definition) is 9. The maximum absolute atomic E-state index is 12.3. The molecule has 0 saturated carbocycles. The van der Waals surface area contributed by atoms with Crippen LogP contribution in [0.5, 0.6) is 23.0 Å². The lowest BCUT2D eigenvalue weighted by atomic mass is 10.2. The van der Waals surface area contributed by atoms with Gasteiger partial charge < -0.3 is 25.0 Å². The van der Waals surface area contributed by atoms with Crippen molar-refractivity contribution in [2.75, 3.05) is 12.4 Å². The number of hydrogen-bond donors (Lipinski definition) is 4. The average Bonchev–Trinajstić information content (AvgIpc) is 3.35. The Kier molecular flexibility index (Phi) is 8.14. The fourth-order valence-electron chi connectivity index (χ4n) is 3.27. The van der Waals surface area contributed by atoms with Gasteiger partial charge in [0.25, 0.3) is 5.91 Å². The maximum Gasteiger partial charge on any atom is 0.271 e. The third kappa shape index (κ3) is 7.31. The predicted molar refractivity (Wildman–Crippen MR) is 137 cm³/mol. The number of carbonyl (C=O) groups is 2. The van der Waals surface area contributed by atoms with Gasteiger partial charge in [-0.05, 0) is 66.2 Å². The summed E-state index contributed by atoms with van der Waals surface area (Å²) in [5, 5.41) is 33.6. The van der Waals surface area contributed by atoms with E-state index >= 15 is 0 Å². The third-order valence-electron chi connectivity index (χ3n) is 5.08. The summed E-state index contributed by atoms with van der Waals surface area (Å²) in [4.78, 5) is 24.3. The molecule has 0 aliphatic rings. The van der Waals surface area contributed by atoms with Gasteiger partial charge in [0.15, 0.2) is 0 Å². The standard InChI is InChI=1S/C26H24N6O6/c1-37-23-8-4-19(5-9-23)28-25(35)15-32-14-20(29-31-32)16-38-24-6-2-17(3-7-24)13-27-30-26(36)18-10-21(33)12-22(34)11-18/h2-14,33-34H,15-16H2,1H3,(H,28,35)(H,30,36)/b27-13-. The predicted octanol–water partition coefficient (Wildman–Crippen LogP) is 2.68. The highest BCUT2D eigenvalue weighted by molar-refractivity contribution is 5.95. The van der Waals surface area contributed by atoms with Crippen LogP contribution < -0.4 is 20.2 Å². The number of phenols is 2. The van der Waals surface area contributed by atoms with Gasteiger partial charge in [-0.2, -0.15) is 5.10 Å². The van der Waals surface area contributed by atoms with Crippen molar-refractivity contribution in [1.82, 2.24) is 20.4 Å². The fraction of sp³-hybridized carbons (Fsp3) is 0.115. The molecule has 0 aliphatic carbocycles. The molecule has 0 fully saturated rings. The quantitative estimate of drug-likeness (QED) is 0.185. The highest BCUT2D eigenvalue weighted by atomic mass is 16.5. The molecule has 0 aliphatic heterocycles. The Morgan fingerprint density at radius 1 is 1.00 bits per heavy atom. The zero-order valence-electron chi connectivity index (χ0n) is 20.2. The second kappa shape index (κ2) is 12.0. The molecule has 4 aromatic rings. The number of phenolic OH excluding ortho intramolecular Hbond substituents is 2. The van der Waals surface area contributed by atoms with Gasteiger partial charge in [0.05, 0.1) is 19.5 Å². The summed E-state index contributed by atoms with van der Waals surface area (Å²) in [6, 6.07) is 17.5. The van der Waals surface area contributed by atoms with Crippen LogP contribution in [0, 0.1) is 0 Å². The van der Waals surface area contributed by atoms with Crippen molar-refractivity contribution in [3.63, 3.8) is 0 Å². The molecule has 0 spiro atoms. The Morgan fingerprint density at radius 3 is 2.37 bits per heavy atom. The Labute approximate surface area is 217 Å². The molecule has 12 heteroatoms. The molecule has 1 aromatic heterocycles. The van der Waals surface area contributed by atoms with E-state index in [0.29, 0.717) is 28.4 Å². The smallest absolute Gasteiger partial charge is 0.271 e. The van der Waals surface area contributed by atoms with Gasteiger partial charge in [0.1, 0.15) is 41.8 Å². The van der Waals surface area contributed by atoms with Crippen LogP contribution in [0.3, 0.4) is 0 Å². The molecule has 0 bridgehead atoms. The number of ether oxygens (including phenoxy) is 2. The van der Waals surface area contributed by atoms with Crippen LogP contribution in [0.2, 0.25) is 0 Å². The van der Waals surface area contributed by atoms with Crippen molar-refractivity contribution < 1.29 is 29.3 Å². The summed E-state index contributed by atoms with van der Waals surface area (Å²) >= 11 is 0. The number of nitrogens with one attached hydrogen (secondary N) is 2. The fourth-order valence-corrected chi connectivity index (χ4v) is 3.27. The lowest BCUT2D eigenvalue weighted by Crippen LogP contribution is -2.19. The van der Waals surface area contributed by atoms with Gasteiger partial charge in [0, 0.05) is 17.3 Å². The lowest BCUT2D eigenvalue weighted by molar-refractivity contribution is -0.116. The van der Waals surface area contributed by atoms with E-state index in [4.69, 9.17) is 9.47 Å². The summed E-state index contributed by atoms with van der Waals surface area (Å²) in [6.07, 6.45) is 3.07. The molecule has 0 saturated heterocycles. The molecule has 0 atom stereocenters. The molecule has 0 unspecified atom stereocenters. The molecule has 3 aromatic carbocycles. The van der Waals surface area contributed by atoms with Gasteiger partial charge in [-0.1, -0.05) is 5.21 Å². The van der Waals surface area contributed by atoms with Crippen LogP contribution in [0.25, 0.3) is 0 Å². The molecule has 4 rings (SSSR count). The molecule has 0 radical (unpaired) electrons. The first-order valence-electron chi connectivity index (χ1n) is 11.3. The lowest BCUT2D eigenvalue weighted by Gasteiger charge is -2.06. The van der Waals surface area contributed by atoms with E-state index in [2.05, 4.69) is 26.2 Å². The van der Waals surface area contributed by atoms with E-state index in [0.717, 1.165) is 6.07 Å². The molecule has 1 heterocycles. The number of benzene rings is 3. The summed E-state index contributed by atoms with van der Waals surface area (Å²) < 4.78 is 12.2. The monoisotopic (exact) mass is 516 g/mol. The minimum absolute atomic E-state index is 0.00377. The van der Waals surface area contributed by atoms with Crippen LogP contribution in [0.1, 0.15) is 21.6 Å². The first-order valence-corrected chi connectivity index (χ1v) is 11.3. The van der Waals surface area contributed by atoms with E-state index in [-0.39, 0.29) is 36.1 Å². The van der Waals surface area contributed by atoms with E-state index in [1.54, 1.807) is 61.8 Å². The van der Waals surface area contributed by atoms with Crippen LogP contribution >= 0.6 is 0 Å². The molecule has 194 valence electrons. The third-order valence-corrected chi connectivity index (χ3v) is 5.08. The first kappa shape index (κ1) is 25.7. The van der Waals surface area contributed by atoms with E-state index in [1.807, 2.05) is 0 Å². The normalized spacial score (nSPS) is 10.8. The number of carbonyl (C=O) groups excluding carboxylic acids is 2. The number of nitrogens with zero attached hydrogens (tertiary/aromatic N) is 4. The van der Waals surface area contributed by atoms with Gasteiger partial charge in [-0.25, -0.2) is 10.1 Å². The van der Waals surface area contributed by atoms with Crippen LogP contribution in [-0.4, -0.2) is 50.3 Å². The minimum Gasteiger partial charge on any atom is -0.508 e. The number of hydrazone groups is 1. The molecule has 4 N–H and O–H groups in total. The van der Waals surface area contributed by atoms with Crippen molar-refractivity contribution in [3.05, 3.63) is 89.7 Å². The van der Waals surface area contributed by atoms with Crippen molar-refractivity contribution >= 4 is 23.7 Å². The van der Waals surface area contributed by atoms with Crippen LogP contribution in [-0.2, 0) is 17.9 Å². The van der Waals surface area contributed by atoms with Gasteiger partial charge in [-0.3, -0.25) is 9.59 Å². The number of anilines is 1. The second-order valence-corrected chi connectivity index (χ2v) is 7.98. The second-order valence-electron chi connectivity index (χ2n) is 7.98. The number of aromatic hydroxyl groups is 2. The number of rotatable bonds is 10. The Bertz CT molecular complexity index is 1410. The van der Waals surface area contributed by atoms with E-state index in [1.165, 1.54) is 23.0 Å². The number of methoxy groups -OCH3 is 1. The average molecular weight is 517 g/mol. The molecule has 2 amide bonds. The highest BCUT2D eigenvalue weighted by Crippen LogP contribution is 2.20. The summed E-state index contributed by atoms with van der Waals surface area (Å²) in [5.41, 5.74) is 4.29. The molecule has 38 heavy (non-hydrogen) atoms. The highest BCUT2D eigenvalue weighted by Gasteiger charge is 2.09. The molecule has 12 nitrogen and oxygen atoms in total. The van der Waals surface area contributed by atoms with Crippen LogP contribution in [0.15, 0.2) is 78.0 Å². The summed E-state index contributed by atoms with van der Waals surface area (Å²) in [7, 11) is 1.57. The summed E-state index contributed by atoms with van der Waals surface area (Å²) in [5.74, 6) is -0.0166.